The van der Waals surface area contributed by atoms with E-state index in [1.54, 1.807) is 24.3 Å². The molecule has 188 valence electrons. The third kappa shape index (κ3) is 5.36. The van der Waals surface area contributed by atoms with Gasteiger partial charge in [0.2, 0.25) is 0 Å². The van der Waals surface area contributed by atoms with Crippen molar-refractivity contribution in [1.82, 2.24) is 19.9 Å². The van der Waals surface area contributed by atoms with E-state index >= 15 is 0 Å². The standard InChI is InChI=1S/C26H20F2N4O4S/c27-18-7-5-15(11-19(18)28)13-32-9-1-3-17(25(32)34)24(33)29-22(23-4-2-10-37-23)14-36-16-6-8-20-21(12-16)31-26(35)30-20/h1-12,22H,13-14H2,(H,29,33)(H2,30,31,35)/t22-/m0/s1. The molecular weight excluding hydrogens is 502 g/mol. The van der Waals surface area contributed by atoms with Crippen LogP contribution in [0.4, 0.5) is 8.78 Å². The van der Waals surface area contributed by atoms with Gasteiger partial charge < -0.3 is 24.6 Å². The molecule has 8 nitrogen and oxygen atoms in total. The number of benzene rings is 2. The molecule has 1 amide bonds. The summed E-state index contributed by atoms with van der Waals surface area (Å²) in [4.78, 5) is 43.8. The molecule has 1 atom stereocenters. The Morgan fingerprint density at radius 2 is 1.84 bits per heavy atom. The van der Waals surface area contributed by atoms with E-state index in [9.17, 15) is 23.2 Å². The summed E-state index contributed by atoms with van der Waals surface area (Å²) in [5, 5.41) is 4.72. The molecule has 0 saturated heterocycles. The van der Waals surface area contributed by atoms with Gasteiger partial charge in [-0.05, 0) is 53.4 Å². The topological polar surface area (TPSA) is 109 Å². The Morgan fingerprint density at radius 1 is 1.00 bits per heavy atom. The van der Waals surface area contributed by atoms with Crippen molar-refractivity contribution in [3.8, 4) is 5.75 Å². The average molecular weight is 523 g/mol. The van der Waals surface area contributed by atoms with Crippen LogP contribution in [0.1, 0.15) is 26.8 Å². The fourth-order valence-electron chi connectivity index (χ4n) is 3.87. The molecule has 3 heterocycles. The second kappa shape index (κ2) is 10.2. The van der Waals surface area contributed by atoms with Gasteiger partial charge in [-0.1, -0.05) is 12.1 Å². The van der Waals surface area contributed by atoms with E-state index in [0.29, 0.717) is 22.3 Å². The predicted molar refractivity (Wildman–Crippen MR) is 135 cm³/mol. The Balaban J connectivity index is 1.34. The Morgan fingerprint density at radius 3 is 2.62 bits per heavy atom. The smallest absolute Gasteiger partial charge is 0.323 e. The molecule has 3 N–H and O–H groups in total. The molecule has 0 fully saturated rings. The summed E-state index contributed by atoms with van der Waals surface area (Å²) in [6, 6.07) is 14.5. The van der Waals surface area contributed by atoms with Gasteiger partial charge in [0.05, 0.1) is 23.6 Å². The second-order valence-electron chi connectivity index (χ2n) is 8.24. The number of rotatable bonds is 8. The highest BCUT2D eigenvalue weighted by Gasteiger charge is 2.20. The van der Waals surface area contributed by atoms with E-state index in [0.717, 1.165) is 17.0 Å². The molecule has 0 aliphatic carbocycles. The molecule has 37 heavy (non-hydrogen) atoms. The number of nitrogens with zero attached hydrogens (tertiary/aromatic N) is 1. The fourth-order valence-corrected chi connectivity index (χ4v) is 4.63. The minimum absolute atomic E-state index is 0.0294. The number of pyridine rings is 1. The molecular formula is C26H20F2N4O4S. The number of fused-ring (bicyclic) bond motifs is 1. The zero-order valence-electron chi connectivity index (χ0n) is 19.2. The number of ether oxygens (including phenoxy) is 1. The van der Waals surface area contributed by atoms with Crippen molar-refractivity contribution in [1.29, 1.82) is 0 Å². The van der Waals surface area contributed by atoms with Gasteiger partial charge in [-0.25, -0.2) is 13.6 Å². The first-order valence-electron chi connectivity index (χ1n) is 11.2. The maximum atomic E-state index is 13.6. The molecule has 5 rings (SSSR count). The van der Waals surface area contributed by atoms with Crippen LogP contribution in [-0.2, 0) is 6.54 Å². The van der Waals surface area contributed by atoms with E-state index < -0.39 is 29.1 Å². The number of aromatic nitrogens is 3. The van der Waals surface area contributed by atoms with Gasteiger partial charge in [0, 0.05) is 17.1 Å². The molecule has 3 aromatic heterocycles. The van der Waals surface area contributed by atoms with Gasteiger partial charge in [0.15, 0.2) is 11.6 Å². The van der Waals surface area contributed by atoms with Crippen molar-refractivity contribution in [2.24, 2.45) is 0 Å². The SMILES string of the molecule is O=C(N[C@@H](COc1ccc2[nH]c(=O)[nH]c2c1)c1cccs1)c1cccn(Cc2ccc(F)c(F)c2)c1=O. The highest BCUT2D eigenvalue weighted by Crippen LogP contribution is 2.23. The number of imidazole rings is 1. The van der Waals surface area contributed by atoms with Gasteiger partial charge in [-0.2, -0.15) is 0 Å². The summed E-state index contributed by atoms with van der Waals surface area (Å²) < 4.78 is 34.0. The van der Waals surface area contributed by atoms with Crippen molar-refractivity contribution in [2.45, 2.75) is 12.6 Å². The zero-order valence-corrected chi connectivity index (χ0v) is 20.0. The summed E-state index contributed by atoms with van der Waals surface area (Å²) in [5.74, 6) is -2.10. The summed E-state index contributed by atoms with van der Waals surface area (Å²) in [5.41, 5.74) is 0.614. The lowest BCUT2D eigenvalue weighted by Crippen LogP contribution is -2.36. The van der Waals surface area contributed by atoms with E-state index in [1.807, 2.05) is 17.5 Å². The van der Waals surface area contributed by atoms with E-state index in [1.165, 1.54) is 34.2 Å². The van der Waals surface area contributed by atoms with Crippen LogP contribution in [0.25, 0.3) is 11.0 Å². The Hall–Kier alpha value is -4.51. The second-order valence-corrected chi connectivity index (χ2v) is 9.22. The highest BCUT2D eigenvalue weighted by atomic mass is 32.1. The summed E-state index contributed by atoms with van der Waals surface area (Å²) in [7, 11) is 0. The van der Waals surface area contributed by atoms with Crippen LogP contribution >= 0.6 is 11.3 Å². The quantitative estimate of drug-likeness (QED) is 0.287. The van der Waals surface area contributed by atoms with E-state index in [4.69, 9.17) is 4.74 Å². The number of aromatic amines is 2. The Bertz CT molecular complexity index is 1690. The molecule has 0 aliphatic rings. The van der Waals surface area contributed by atoms with Crippen molar-refractivity contribution < 1.29 is 18.3 Å². The van der Waals surface area contributed by atoms with Crippen LogP contribution in [0.3, 0.4) is 0 Å². The van der Waals surface area contributed by atoms with Crippen LogP contribution in [0.2, 0.25) is 0 Å². The summed E-state index contributed by atoms with van der Waals surface area (Å²) >= 11 is 1.42. The predicted octanol–water partition coefficient (Wildman–Crippen LogP) is 3.96. The van der Waals surface area contributed by atoms with Crippen LogP contribution in [-0.4, -0.2) is 27.0 Å². The number of thiophene rings is 1. The number of H-pyrrole nitrogens is 2. The first-order valence-corrected chi connectivity index (χ1v) is 12.1. The number of halogens is 2. The molecule has 2 aromatic carbocycles. The van der Waals surface area contributed by atoms with Crippen LogP contribution in [0.15, 0.2) is 81.8 Å². The molecule has 0 bridgehead atoms. The number of nitrogens with one attached hydrogen (secondary N) is 3. The molecule has 0 unspecified atom stereocenters. The molecule has 0 aliphatic heterocycles. The molecule has 0 saturated carbocycles. The van der Waals surface area contributed by atoms with Gasteiger partial charge in [-0.15, -0.1) is 11.3 Å². The van der Waals surface area contributed by atoms with Crippen molar-refractivity contribution >= 4 is 28.3 Å². The van der Waals surface area contributed by atoms with Crippen LogP contribution in [0.5, 0.6) is 5.75 Å². The first-order chi connectivity index (χ1) is 17.9. The van der Waals surface area contributed by atoms with E-state index in [-0.39, 0.29) is 24.4 Å². The van der Waals surface area contributed by atoms with Crippen LogP contribution in [0, 0.1) is 11.6 Å². The summed E-state index contributed by atoms with van der Waals surface area (Å²) in [6.07, 6.45) is 1.47. The lowest BCUT2D eigenvalue weighted by Gasteiger charge is -2.18. The number of hydrogen-bond acceptors (Lipinski definition) is 5. The van der Waals surface area contributed by atoms with Crippen molar-refractivity contribution in [3.05, 3.63) is 121 Å². The third-order valence-corrected chi connectivity index (χ3v) is 6.68. The number of amides is 1. The largest absolute Gasteiger partial charge is 0.491 e. The Labute approximate surface area is 212 Å². The van der Waals surface area contributed by atoms with Gasteiger partial charge >= 0.3 is 5.69 Å². The van der Waals surface area contributed by atoms with Crippen molar-refractivity contribution in [2.75, 3.05) is 6.61 Å². The number of carbonyl (C=O) groups excluding carboxylic acids is 1. The maximum Gasteiger partial charge on any atom is 0.323 e. The average Bonchev–Trinajstić information content (AvgIpc) is 3.54. The molecule has 0 radical (unpaired) electrons. The van der Waals surface area contributed by atoms with Crippen molar-refractivity contribution in [3.63, 3.8) is 0 Å². The maximum absolute atomic E-state index is 13.6. The third-order valence-electron chi connectivity index (χ3n) is 5.70. The lowest BCUT2D eigenvalue weighted by molar-refractivity contribution is 0.0920. The lowest BCUT2D eigenvalue weighted by atomic mass is 10.2. The number of hydrogen-bond donors (Lipinski definition) is 3. The highest BCUT2D eigenvalue weighted by molar-refractivity contribution is 7.10. The molecule has 0 spiro atoms. The molecule has 5 aromatic rings. The summed E-state index contributed by atoms with van der Waals surface area (Å²) in [6.45, 7) is 0.0423. The van der Waals surface area contributed by atoms with E-state index in [2.05, 4.69) is 15.3 Å². The Kier molecular flexibility index (Phi) is 6.69. The van der Waals surface area contributed by atoms with Gasteiger partial charge in [0.1, 0.15) is 17.9 Å². The minimum Gasteiger partial charge on any atom is -0.491 e. The minimum atomic E-state index is -1.01. The van der Waals surface area contributed by atoms with Gasteiger partial charge in [-0.3, -0.25) is 9.59 Å². The fraction of sp³-hybridized carbons (Fsp3) is 0.115. The monoisotopic (exact) mass is 522 g/mol. The molecule has 11 heteroatoms. The first kappa shape index (κ1) is 24.2. The normalized spacial score (nSPS) is 11.9. The number of carbonyl (C=O) groups is 1. The van der Waals surface area contributed by atoms with Gasteiger partial charge in [0.25, 0.3) is 11.5 Å². The zero-order chi connectivity index (χ0) is 25.9. The van der Waals surface area contributed by atoms with Crippen LogP contribution < -0.4 is 21.3 Å².